The molecule has 1 fully saturated rings. The Morgan fingerprint density at radius 2 is 2.24 bits per heavy atom. The smallest absolute Gasteiger partial charge is 0.241 e. The zero-order valence-electron chi connectivity index (χ0n) is 8.90. The number of carbonyl (C=O) groups is 1. The molecule has 1 amide bonds. The molecule has 17 heavy (non-hydrogen) atoms. The van der Waals surface area contributed by atoms with Crippen LogP contribution in [-0.4, -0.2) is 18.5 Å². The van der Waals surface area contributed by atoms with Crippen LogP contribution in [0.1, 0.15) is 12.8 Å². The van der Waals surface area contributed by atoms with Crippen LogP contribution >= 0.6 is 11.6 Å². The number of anilines is 1. The second-order valence-corrected chi connectivity index (χ2v) is 4.29. The van der Waals surface area contributed by atoms with Crippen LogP contribution in [0.4, 0.5) is 14.5 Å². The summed E-state index contributed by atoms with van der Waals surface area (Å²) in [5.74, 6) is -2.00. The van der Waals surface area contributed by atoms with Crippen LogP contribution in [0.25, 0.3) is 0 Å². The molecule has 0 aliphatic carbocycles. The SMILES string of the molecule is O=C(Nc1c(F)cc(F)cc1Cl)C1CCCN1. The van der Waals surface area contributed by atoms with Gasteiger partial charge in [-0.2, -0.15) is 0 Å². The van der Waals surface area contributed by atoms with Crippen LogP contribution in [0.15, 0.2) is 12.1 Å². The molecule has 3 nitrogen and oxygen atoms in total. The van der Waals surface area contributed by atoms with Gasteiger partial charge < -0.3 is 10.6 Å². The minimum atomic E-state index is -0.874. The molecule has 1 atom stereocenters. The molecule has 1 aromatic carbocycles. The van der Waals surface area contributed by atoms with Crippen LogP contribution in [0.3, 0.4) is 0 Å². The Bertz CT molecular complexity index is 424. The number of amides is 1. The van der Waals surface area contributed by atoms with E-state index in [0.717, 1.165) is 19.0 Å². The zero-order chi connectivity index (χ0) is 12.4. The summed E-state index contributed by atoms with van der Waals surface area (Å²) in [6.45, 7) is 0.762. The number of benzene rings is 1. The normalized spacial score (nSPS) is 19.4. The van der Waals surface area contributed by atoms with Crippen molar-refractivity contribution in [1.29, 1.82) is 0 Å². The first-order chi connectivity index (χ1) is 8.08. The molecule has 0 radical (unpaired) electrons. The Hall–Kier alpha value is -1.20. The van der Waals surface area contributed by atoms with Gasteiger partial charge in [-0.1, -0.05) is 11.6 Å². The third-order valence-corrected chi connectivity index (χ3v) is 2.93. The number of nitrogens with one attached hydrogen (secondary N) is 2. The van der Waals surface area contributed by atoms with E-state index in [9.17, 15) is 13.6 Å². The summed E-state index contributed by atoms with van der Waals surface area (Å²) in [5.41, 5.74) is -0.174. The molecule has 1 heterocycles. The Kier molecular flexibility index (Phi) is 3.59. The number of carbonyl (C=O) groups excluding carboxylic acids is 1. The van der Waals surface area contributed by atoms with Gasteiger partial charge in [0.1, 0.15) is 5.82 Å². The lowest BCUT2D eigenvalue weighted by Crippen LogP contribution is -2.35. The van der Waals surface area contributed by atoms with Crippen molar-refractivity contribution in [3.63, 3.8) is 0 Å². The monoisotopic (exact) mass is 260 g/mol. The van der Waals surface area contributed by atoms with E-state index in [2.05, 4.69) is 10.6 Å². The van der Waals surface area contributed by atoms with Crippen molar-refractivity contribution in [3.8, 4) is 0 Å². The van der Waals surface area contributed by atoms with Crippen molar-refractivity contribution in [2.75, 3.05) is 11.9 Å². The molecule has 0 saturated carbocycles. The highest BCUT2D eigenvalue weighted by Crippen LogP contribution is 2.26. The average molecular weight is 261 g/mol. The maximum absolute atomic E-state index is 13.4. The van der Waals surface area contributed by atoms with Gasteiger partial charge in [-0.05, 0) is 25.5 Å². The topological polar surface area (TPSA) is 41.1 Å². The highest BCUT2D eigenvalue weighted by Gasteiger charge is 2.23. The van der Waals surface area contributed by atoms with E-state index in [1.165, 1.54) is 0 Å². The lowest BCUT2D eigenvalue weighted by Gasteiger charge is -2.12. The largest absolute Gasteiger partial charge is 0.321 e. The van der Waals surface area contributed by atoms with Crippen LogP contribution < -0.4 is 10.6 Å². The third-order valence-electron chi connectivity index (χ3n) is 2.63. The summed E-state index contributed by atoms with van der Waals surface area (Å²) in [6, 6.07) is 1.31. The van der Waals surface area contributed by atoms with Gasteiger partial charge in [-0.3, -0.25) is 4.79 Å². The predicted molar refractivity (Wildman–Crippen MR) is 61.0 cm³/mol. The fraction of sp³-hybridized carbons (Fsp3) is 0.364. The predicted octanol–water partition coefficient (Wildman–Crippen LogP) is 2.31. The van der Waals surface area contributed by atoms with Crippen LogP contribution in [0, 0.1) is 11.6 Å². The number of rotatable bonds is 2. The molecule has 0 spiro atoms. The van der Waals surface area contributed by atoms with Crippen molar-refractivity contribution in [3.05, 3.63) is 28.8 Å². The van der Waals surface area contributed by atoms with E-state index in [-0.39, 0.29) is 22.7 Å². The molecule has 92 valence electrons. The highest BCUT2D eigenvalue weighted by molar-refractivity contribution is 6.33. The summed E-state index contributed by atoms with van der Waals surface area (Å²) >= 11 is 5.67. The standard InChI is InChI=1S/C11H11ClF2N2O/c12-7-4-6(13)5-8(14)10(7)16-11(17)9-2-1-3-15-9/h4-5,9,15H,1-3H2,(H,16,17). The number of hydrogen-bond acceptors (Lipinski definition) is 2. The van der Waals surface area contributed by atoms with Crippen molar-refractivity contribution < 1.29 is 13.6 Å². The molecule has 0 bridgehead atoms. The molecular weight excluding hydrogens is 250 g/mol. The van der Waals surface area contributed by atoms with E-state index in [1.54, 1.807) is 0 Å². The van der Waals surface area contributed by atoms with Gasteiger partial charge in [0.2, 0.25) is 5.91 Å². The van der Waals surface area contributed by atoms with Gasteiger partial charge >= 0.3 is 0 Å². The summed E-state index contributed by atoms with van der Waals surface area (Å²) in [4.78, 5) is 11.7. The fourth-order valence-electron chi connectivity index (χ4n) is 1.78. The van der Waals surface area contributed by atoms with E-state index in [1.807, 2.05) is 0 Å². The lowest BCUT2D eigenvalue weighted by atomic mass is 10.2. The Morgan fingerprint density at radius 3 is 2.82 bits per heavy atom. The van der Waals surface area contributed by atoms with Crippen LogP contribution in [0.2, 0.25) is 5.02 Å². The molecule has 2 N–H and O–H groups in total. The van der Waals surface area contributed by atoms with Gasteiger partial charge in [0.15, 0.2) is 5.82 Å². The average Bonchev–Trinajstić information content (AvgIpc) is 2.76. The van der Waals surface area contributed by atoms with E-state index in [0.29, 0.717) is 12.5 Å². The van der Waals surface area contributed by atoms with Crippen LogP contribution in [-0.2, 0) is 4.79 Å². The maximum atomic E-state index is 13.4. The molecular formula is C11H11ClF2N2O. The summed E-state index contributed by atoms with van der Waals surface area (Å²) in [7, 11) is 0. The van der Waals surface area contributed by atoms with Crippen LogP contribution in [0.5, 0.6) is 0 Å². The van der Waals surface area contributed by atoms with Gasteiger partial charge in [0.25, 0.3) is 0 Å². The number of halogens is 3. The summed E-state index contributed by atoms with van der Waals surface area (Å²) < 4.78 is 26.2. The highest BCUT2D eigenvalue weighted by atomic mass is 35.5. The second-order valence-electron chi connectivity index (χ2n) is 3.88. The molecule has 0 aromatic heterocycles. The molecule has 6 heteroatoms. The fourth-order valence-corrected chi connectivity index (χ4v) is 2.02. The van der Waals surface area contributed by atoms with E-state index >= 15 is 0 Å². The summed E-state index contributed by atoms with van der Waals surface area (Å²) in [6.07, 6.45) is 1.60. The Balaban J connectivity index is 2.15. The first kappa shape index (κ1) is 12.3. The van der Waals surface area contributed by atoms with Crippen molar-refractivity contribution in [2.24, 2.45) is 0 Å². The van der Waals surface area contributed by atoms with Crippen molar-refractivity contribution in [2.45, 2.75) is 18.9 Å². The first-order valence-electron chi connectivity index (χ1n) is 5.26. The van der Waals surface area contributed by atoms with Gasteiger partial charge in [0.05, 0.1) is 16.8 Å². The first-order valence-corrected chi connectivity index (χ1v) is 5.64. The second kappa shape index (κ2) is 4.98. The van der Waals surface area contributed by atoms with Crippen molar-refractivity contribution >= 4 is 23.2 Å². The minimum Gasteiger partial charge on any atom is -0.321 e. The molecule has 2 rings (SSSR count). The third kappa shape index (κ3) is 2.73. The Morgan fingerprint density at radius 1 is 1.47 bits per heavy atom. The zero-order valence-corrected chi connectivity index (χ0v) is 9.65. The minimum absolute atomic E-state index is 0.145. The summed E-state index contributed by atoms with van der Waals surface area (Å²) in [5, 5.41) is 5.20. The van der Waals surface area contributed by atoms with Crippen molar-refractivity contribution in [1.82, 2.24) is 5.32 Å². The van der Waals surface area contributed by atoms with Gasteiger partial charge in [0, 0.05) is 6.07 Å². The molecule has 1 aliphatic heterocycles. The van der Waals surface area contributed by atoms with Gasteiger partial charge in [-0.25, -0.2) is 8.78 Å². The molecule has 1 aliphatic rings. The van der Waals surface area contributed by atoms with Gasteiger partial charge in [-0.15, -0.1) is 0 Å². The molecule has 1 aromatic rings. The molecule has 1 saturated heterocycles. The quantitative estimate of drug-likeness (QED) is 0.857. The molecule has 1 unspecified atom stereocenters. The van der Waals surface area contributed by atoms with E-state index in [4.69, 9.17) is 11.6 Å². The maximum Gasteiger partial charge on any atom is 0.241 e. The lowest BCUT2D eigenvalue weighted by molar-refractivity contribution is -0.117. The Labute approximate surface area is 102 Å². The number of hydrogen-bond donors (Lipinski definition) is 2. The van der Waals surface area contributed by atoms with E-state index < -0.39 is 11.6 Å².